The van der Waals surface area contributed by atoms with Gasteiger partial charge in [-0.05, 0) is 62.1 Å². The van der Waals surface area contributed by atoms with Crippen LogP contribution in [0.2, 0.25) is 0 Å². The summed E-state index contributed by atoms with van der Waals surface area (Å²) in [4.78, 5) is 12.3. The second kappa shape index (κ2) is 8.12. The number of ether oxygens (including phenoxy) is 1. The minimum absolute atomic E-state index is 0.00842. The first-order valence-electron chi connectivity index (χ1n) is 9.90. The van der Waals surface area contributed by atoms with Crippen LogP contribution in [0.4, 0.5) is 0 Å². The van der Waals surface area contributed by atoms with Crippen molar-refractivity contribution in [1.29, 1.82) is 0 Å². The maximum absolute atomic E-state index is 12.3. The predicted molar refractivity (Wildman–Crippen MR) is 113 cm³/mol. The van der Waals surface area contributed by atoms with Crippen molar-refractivity contribution in [3.8, 4) is 5.75 Å². The van der Waals surface area contributed by atoms with Gasteiger partial charge in [0, 0.05) is 17.4 Å². The molecule has 1 amide bonds. The minimum atomic E-state index is -3.80. The van der Waals surface area contributed by atoms with E-state index in [0.717, 1.165) is 42.4 Å². The van der Waals surface area contributed by atoms with Gasteiger partial charge in [0.2, 0.25) is 10.0 Å². The Kier molecular flexibility index (Phi) is 5.53. The van der Waals surface area contributed by atoms with E-state index in [2.05, 4.69) is 5.32 Å². The maximum Gasteiger partial charge on any atom is 0.258 e. The lowest BCUT2D eigenvalue weighted by atomic mass is 9.96. The first-order chi connectivity index (χ1) is 14.3. The first kappa shape index (κ1) is 20.4. The lowest BCUT2D eigenvalue weighted by Crippen LogP contribution is -2.31. The molecule has 30 heavy (non-hydrogen) atoms. The third-order valence-electron chi connectivity index (χ3n) is 5.36. The fraction of sp³-hybridized carbons (Fsp3) is 0.318. The zero-order valence-electron chi connectivity index (χ0n) is 16.7. The molecule has 1 aliphatic carbocycles. The van der Waals surface area contributed by atoms with Gasteiger partial charge in [0.1, 0.15) is 17.1 Å². The van der Waals surface area contributed by atoms with Gasteiger partial charge in [-0.15, -0.1) is 0 Å². The Labute approximate surface area is 175 Å². The van der Waals surface area contributed by atoms with Crippen molar-refractivity contribution in [3.05, 3.63) is 59.4 Å². The summed E-state index contributed by atoms with van der Waals surface area (Å²) in [6.07, 6.45) is 4.27. The Balaban J connectivity index is 1.40. The number of fused-ring (bicyclic) bond motifs is 3. The fourth-order valence-electron chi connectivity index (χ4n) is 3.81. The van der Waals surface area contributed by atoms with Crippen molar-refractivity contribution in [2.45, 2.75) is 43.5 Å². The molecule has 1 aromatic heterocycles. The SMILES string of the molecule is CC(NC(=O)COc1ccc2oc3c(c2c1)CCCC3)c1cccc(S(N)(=O)=O)c1. The van der Waals surface area contributed by atoms with Crippen LogP contribution in [0, 0.1) is 0 Å². The summed E-state index contributed by atoms with van der Waals surface area (Å²) in [5, 5.41) is 9.03. The Morgan fingerprint density at radius 1 is 1.20 bits per heavy atom. The van der Waals surface area contributed by atoms with E-state index in [1.807, 2.05) is 12.1 Å². The molecule has 0 radical (unpaired) electrons. The number of rotatable bonds is 6. The van der Waals surface area contributed by atoms with E-state index in [4.69, 9.17) is 14.3 Å². The Hall–Kier alpha value is -2.84. The van der Waals surface area contributed by atoms with Crippen molar-refractivity contribution in [1.82, 2.24) is 5.32 Å². The number of furan rings is 1. The average molecular weight is 429 g/mol. The third kappa shape index (κ3) is 4.34. The number of primary sulfonamides is 1. The highest BCUT2D eigenvalue weighted by Gasteiger charge is 2.18. The minimum Gasteiger partial charge on any atom is -0.484 e. The number of benzene rings is 2. The number of carbonyl (C=O) groups is 1. The molecule has 0 aliphatic heterocycles. The molecule has 1 aliphatic rings. The molecular weight excluding hydrogens is 404 g/mol. The molecule has 7 nitrogen and oxygen atoms in total. The Bertz CT molecular complexity index is 1200. The number of hydrogen-bond donors (Lipinski definition) is 2. The highest BCUT2D eigenvalue weighted by molar-refractivity contribution is 7.89. The third-order valence-corrected chi connectivity index (χ3v) is 6.27. The molecule has 8 heteroatoms. The number of sulfonamides is 1. The quantitative estimate of drug-likeness (QED) is 0.626. The van der Waals surface area contributed by atoms with Crippen LogP contribution in [0.1, 0.15) is 42.7 Å². The Morgan fingerprint density at radius 3 is 2.80 bits per heavy atom. The van der Waals surface area contributed by atoms with Crippen LogP contribution < -0.4 is 15.2 Å². The number of amides is 1. The lowest BCUT2D eigenvalue weighted by Gasteiger charge is -2.15. The number of hydrogen-bond acceptors (Lipinski definition) is 5. The second-order valence-electron chi connectivity index (χ2n) is 7.56. The molecular formula is C22H24N2O5S. The summed E-state index contributed by atoms with van der Waals surface area (Å²) in [7, 11) is -3.80. The van der Waals surface area contributed by atoms with Crippen LogP contribution in [0.5, 0.6) is 5.75 Å². The predicted octanol–water partition coefficient (Wildman–Crippen LogP) is 3.22. The molecule has 1 heterocycles. The van der Waals surface area contributed by atoms with E-state index < -0.39 is 16.1 Å². The molecule has 0 bridgehead atoms. The summed E-state index contributed by atoms with van der Waals surface area (Å²) in [5.41, 5.74) is 2.73. The van der Waals surface area contributed by atoms with Crippen molar-refractivity contribution >= 4 is 26.9 Å². The number of nitrogens with one attached hydrogen (secondary N) is 1. The van der Waals surface area contributed by atoms with E-state index in [1.165, 1.54) is 17.7 Å². The van der Waals surface area contributed by atoms with Gasteiger partial charge in [-0.2, -0.15) is 0 Å². The average Bonchev–Trinajstić information content (AvgIpc) is 3.10. The highest BCUT2D eigenvalue weighted by Crippen LogP contribution is 2.33. The molecule has 3 aromatic rings. The molecule has 1 atom stereocenters. The van der Waals surface area contributed by atoms with Crippen LogP contribution in [0.3, 0.4) is 0 Å². The van der Waals surface area contributed by atoms with E-state index in [9.17, 15) is 13.2 Å². The van der Waals surface area contributed by atoms with Gasteiger partial charge < -0.3 is 14.5 Å². The van der Waals surface area contributed by atoms with E-state index in [-0.39, 0.29) is 17.4 Å². The molecule has 158 valence electrons. The van der Waals surface area contributed by atoms with Crippen molar-refractivity contribution in [3.63, 3.8) is 0 Å². The summed E-state index contributed by atoms with van der Waals surface area (Å²) in [5.74, 6) is 1.36. The van der Waals surface area contributed by atoms with Crippen LogP contribution in [0.15, 0.2) is 51.8 Å². The van der Waals surface area contributed by atoms with Gasteiger partial charge in [0.15, 0.2) is 6.61 Å². The summed E-state index contributed by atoms with van der Waals surface area (Å²) < 4.78 is 34.6. The van der Waals surface area contributed by atoms with Crippen LogP contribution >= 0.6 is 0 Å². The largest absolute Gasteiger partial charge is 0.484 e. The maximum atomic E-state index is 12.3. The normalized spacial score (nSPS) is 14.9. The topological polar surface area (TPSA) is 112 Å². The van der Waals surface area contributed by atoms with Crippen LogP contribution in [-0.2, 0) is 27.7 Å². The number of aryl methyl sites for hydroxylation is 2. The van der Waals surface area contributed by atoms with Gasteiger partial charge in [-0.1, -0.05) is 12.1 Å². The molecule has 1 unspecified atom stereocenters. The molecule has 0 fully saturated rings. The van der Waals surface area contributed by atoms with Crippen molar-refractivity contribution in [2.75, 3.05) is 6.61 Å². The molecule has 0 saturated carbocycles. The van der Waals surface area contributed by atoms with Gasteiger partial charge >= 0.3 is 0 Å². The zero-order valence-corrected chi connectivity index (χ0v) is 17.5. The number of nitrogens with two attached hydrogens (primary N) is 1. The molecule has 0 spiro atoms. The van der Waals surface area contributed by atoms with Crippen LogP contribution in [-0.4, -0.2) is 20.9 Å². The molecule has 4 rings (SSSR count). The number of carbonyl (C=O) groups excluding carboxylic acids is 1. The standard InChI is InChI=1S/C22H24N2O5S/c1-14(15-5-4-6-17(11-15)30(23,26)27)24-22(25)13-28-16-9-10-21-19(12-16)18-7-2-3-8-20(18)29-21/h4-6,9-12,14H,2-3,7-8,13H2,1H3,(H,24,25)(H2,23,26,27). The smallest absolute Gasteiger partial charge is 0.258 e. The first-order valence-corrected chi connectivity index (χ1v) is 11.4. The van der Waals surface area contributed by atoms with Crippen LogP contribution in [0.25, 0.3) is 11.0 Å². The van der Waals surface area contributed by atoms with Gasteiger partial charge in [0.25, 0.3) is 5.91 Å². The van der Waals surface area contributed by atoms with Gasteiger partial charge in [-0.3, -0.25) is 4.79 Å². The summed E-state index contributed by atoms with van der Waals surface area (Å²) >= 11 is 0. The van der Waals surface area contributed by atoms with Gasteiger partial charge in [-0.25, -0.2) is 13.6 Å². The fourth-order valence-corrected chi connectivity index (χ4v) is 4.38. The lowest BCUT2D eigenvalue weighted by molar-refractivity contribution is -0.123. The van der Waals surface area contributed by atoms with Crippen molar-refractivity contribution < 1.29 is 22.4 Å². The monoisotopic (exact) mass is 428 g/mol. The van der Waals surface area contributed by atoms with Gasteiger partial charge in [0.05, 0.1) is 10.9 Å². The molecule has 3 N–H and O–H groups in total. The summed E-state index contributed by atoms with van der Waals surface area (Å²) in [6, 6.07) is 11.4. The second-order valence-corrected chi connectivity index (χ2v) is 9.13. The van der Waals surface area contributed by atoms with E-state index in [1.54, 1.807) is 25.1 Å². The van der Waals surface area contributed by atoms with E-state index in [0.29, 0.717) is 11.3 Å². The zero-order chi connectivity index (χ0) is 21.3. The van der Waals surface area contributed by atoms with Crippen molar-refractivity contribution in [2.24, 2.45) is 5.14 Å². The molecule has 2 aromatic carbocycles. The highest BCUT2D eigenvalue weighted by atomic mass is 32.2. The summed E-state index contributed by atoms with van der Waals surface area (Å²) in [6.45, 7) is 1.62. The Morgan fingerprint density at radius 2 is 2.00 bits per heavy atom. The van der Waals surface area contributed by atoms with E-state index >= 15 is 0 Å². The molecule has 0 saturated heterocycles.